The predicted octanol–water partition coefficient (Wildman–Crippen LogP) is 2.92. The van der Waals surface area contributed by atoms with Gasteiger partial charge in [-0.3, -0.25) is 14.9 Å². The van der Waals surface area contributed by atoms with Crippen LogP contribution in [0.4, 0.5) is 5.69 Å². The van der Waals surface area contributed by atoms with Crippen LogP contribution in [0, 0.1) is 10.1 Å². The van der Waals surface area contributed by atoms with Crippen molar-refractivity contribution in [2.75, 3.05) is 13.7 Å². The van der Waals surface area contributed by atoms with Crippen molar-refractivity contribution < 1.29 is 24.4 Å². The molecule has 2 rings (SSSR count). The van der Waals surface area contributed by atoms with E-state index < -0.39 is 28.3 Å². The van der Waals surface area contributed by atoms with Gasteiger partial charge < -0.3 is 19.5 Å². The molecule has 0 radical (unpaired) electrons. The van der Waals surface area contributed by atoms with Crippen molar-refractivity contribution >= 4 is 17.9 Å². The predicted molar refractivity (Wildman–Crippen MR) is 92.0 cm³/mol. The molecular formula is C17H24N2O6. The monoisotopic (exact) mass is 352 g/mol. The van der Waals surface area contributed by atoms with E-state index in [9.17, 15) is 24.8 Å². The number of carbonyl (C=O) groups excluding carboxylic acids is 2. The first kappa shape index (κ1) is 20.4. The lowest BCUT2D eigenvalue weighted by Gasteiger charge is -2.20. The summed E-state index contributed by atoms with van der Waals surface area (Å²) in [6.07, 6.45) is 4.50. The summed E-state index contributed by atoms with van der Waals surface area (Å²) in [4.78, 5) is 35.0. The van der Waals surface area contributed by atoms with E-state index in [0.717, 1.165) is 12.1 Å². The van der Waals surface area contributed by atoms with Crippen LogP contribution >= 0.6 is 0 Å². The van der Waals surface area contributed by atoms with Gasteiger partial charge in [0.1, 0.15) is 11.8 Å². The highest BCUT2D eigenvalue weighted by molar-refractivity contribution is 6.00. The maximum atomic E-state index is 12.4. The summed E-state index contributed by atoms with van der Waals surface area (Å²) in [7, 11) is 1.28. The zero-order chi connectivity index (χ0) is 19.0. The van der Waals surface area contributed by atoms with Crippen LogP contribution in [-0.2, 0) is 4.79 Å². The number of methoxy groups -OCH3 is 1. The van der Waals surface area contributed by atoms with Gasteiger partial charge in [-0.25, -0.2) is 0 Å². The van der Waals surface area contributed by atoms with E-state index in [1.165, 1.54) is 24.9 Å². The smallest absolute Gasteiger partial charge is 0.286 e. The quantitative estimate of drug-likeness (QED) is 0.495. The normalized spacial score (nSPS) is 16.0. The van der Waals surface area contributed by atoms with Gasteiger partial charge in [-0.1, -0.05) is 26.7 Å². The summed E-state index contributed by atoms with van der Waals surface area (Å²) in [6, 6.07) is 1.42. The molecule has 1 heterocycles. The molecule has 1 aliphatic heterocycles. The van der Waals surface area contributed by atoms with Crippen molar-refractivity contribution in [3.05, 3.63) is 27.8 Å². The van der Waals surface area contributed by atoms with Crippen LogP contribution in [-0.4, -0.2) is 46.8 Å². The van der Waals surface area contributed by atoms with Crippen LogP contribution < -0.4 is 4.74 Å². The zero-order valence-electron chi connectivity index (χ0n) is 14.7. The number of ether oxygens (including phenoxy) is 1. The first-order valence-corrected chi connectivity index (χ1v) is 8.22. The Kier molecular flexibility index (Phi) is 7.84. The lowest BCUT2D eigenvalue weighted by atomic mass is 10.1. The maximum Gasteiger partial charge on any atom is 0.286 e. The molecule has 8 heteroatoms. The van der Waals surface area contributed by atoms with Gasteiger partial charge in [-0.15, -0.1) is 0 Å². The third kappa shape index (κ3) is 4.91. The molecule has 0 spiro atoms. The summed E-state index contributed by atoms with van der Waals surface area (Å²) in [6.45, 7) is 4.72. The molecule has 138 valence electrons. The number of hydrogen-bond acceptors (Lipinski definition) is 6. The minimum absolute atomic E-state index is 0.0363. The Hall–Kier alpha value is -2.64. The van der Waals surface area contributed by atoms with Crippen LogP contribution in [0.15, 0.2) is 12.1 Å². The number of nitro groups is 1. The van der Waals surface area contributed by atoms with Crippen LogP contribution in [0.3, 0.4) is 0 Å². The van der Waals surface area contributed by atoms with Gasteiger partial charge in [0.05, 0.1) is 24.1 Å². The minimum atomic E-state index is -0.752. The number of benzene rings is 1. The SMILES string of the molecule is CCCC.COc1cc(C(=O)N2CCC[C@H]2C=O)c([N+](=O)[O-])cc1O. The second kappa shape index (κ2) is 9.61. The van der Waals surface area contributed by atoms with Crippen LogP contribution in [0.1, 0.15) is 49.9 Å². The molecule has 1 saturated heterocycles. The second-order valence-electron chi connectivity index (χ2n) is 5.64. The zero-order valence-corrected chi connectivity index (χ0v) is 14.7. The summed E-state index contributed by atoms with van der Waals surface area (Å²) >= 11 is 0. The van der Waals surface area contributed by atoms with Gasteiger partial charge in [-0.2, -0.15) is 0 Å². The molecule has 0 bridgehead atoms. The number of rotatable bonds is 5. The number of aldehydes is 1. The van der Waals surface area contributed by atoms with Crippen LogP contribution in [0.5, 0.6) is 11.5 Å². The molecule has 25 heavy (non-hydrogen) atoms. The maximum absolute atomic E-state index is 12.4. The largest absolute Gasteiger partial charge is 0.504 e. The number of likely N-dealkylation sites (tertiary alicyclic amines) is 1. The molecule has 0 saturated carbocycles. The van der Waals surface area contributed by atoms with E-state index in [4.69, 9.17) is 4.74 Å². The third-order valence-corrected chi connectivity index (χ3v) is 3.94. The number of unbranched alkanes of at least 4 members (excludes halogenated alkanes) is 1. The second-order valence-corrected chi connectivity index (χ2v) is 5.64. The van der Waals surface area contributed by atoms with Crippen molar-refractivity contribution in [3.63, 3.8) is 0 Å². The van der Waals surface area contributed by atoms with Crippen molar-refractivity contribution in [1.29, 1.82) is 0 Å². The molecule has 0 aromatic heterocycles. The molecule has 0 aliphatic carbocycles. The highest BCUT2D eigenvalue weighted by Gasteiger charge is 2.33. The Bertz CT molecular complexity index is 630. The number of nitrogens with zero attached hydrogens (tertiary/aromatic N) is 2. The summed E-state index contributed by atoms with van der Waals surface area (Å²) in [5, 5.41) is 20.7. The van der Waals surface area contributed by atoms with Crippen LogP contribution in [0.25, 0.3) is 0 Å². The Labute approximate surface area is 146 Å². The van der Waals surface area contributed by atoms with E-state index >= 15 is 0 Å². The number of nitro benzene ring substituents is 1. The van der Waals surface area contributed by atoms with Gasteiger partial charge in [0, 0.05) is 12.6 Å². The Morgan fingerprint density at radius 2 is 2.08 bits per heavy atom. The highest BCUT2D eigenvalue weighted by Crippen LogP contribution is 2.35. The van der Waals surface area contributed by atoms with E-state index in [2.05, 4.69) is 13.8 Å². The van der Waals surface area contributed by atoms with E-state index in [-0.39, 0.29) is 11.3 Å². The van der Waals surface area contributed by atoms with E-state index in [1.807, 2.05) is 0 Å². The highest BCUT2D eigenvalue weighted by atomic mass is 16.6. The molecule has 1 fully saturated rings. The fourth-order valence-electron chi connectivity index (χ4n) is 2.38. The Morgan fingerprint density at radius 1 is 1.44 bits per heavy atom. The Morgan fingerprint density at radius 3 is 2.56 bits per heavy atom. The molecule has 1 atom stereocenters. The van der Waals surface area contributed by atoms with Gasteiger partial charge in [-0.05, 0) is 12.8 Å². The lowest BCUT2D eigenvalue weighted by molar-refractivity contribution is -0.385. The average Bonchev–Trinajstić information content (AvgIpc) is 3.09. The van der Waals surface area contributed by atoms with Gasteiger partial charge >= 0.3 is 0 Å². The standard InChI is InChI=1S/C13H14N2O6.C4H10/c1-21-12-5-9(10(15(19)20)6-11(12)17)13(18)14-4-2-3-8(14)7-16;1-3-4-2/h5-8,17H,2-4H2,1H3;3-4H2,1-2H3/t8-;/m0./s1. The molecule has 1 N–H and O–H groups in total. The van der Waals surface area contributed by atoms with Gasteiger partial charge in [0.15, 0.2) is 11.5 Å². The summed E-state index contributed by atoms with van der Waals surface area (Å²) in [5.41, 5.74) is -0.724. The molecular weight excluding hydrogens is 328 g/mol. The number of hydrogen-bond donors (Lipinski definition) is 1. The van der Waals surface area contributed by atoms with E-state index in [0.29, 0.717) is 25.7 Å². The molecule has 1 amide bonds. The molecule has 0 unspecified atom stereocenters. The minimum Gasteiger partial charge on any atom is -0.504 e. The van der Waals surface area contributed by atoms with Gasteiger partial charge in [0.25, 0.3) is 11.6 Å². The first-order valence-electron chi connectivity index (χ1n) is 8.22. The average molecular weight is 352 g/mol. The third-order valence-electron chi connectivity index (χ3n) is 3.94. The van der Waals surface area contributed by atoms with Crippen molar-refractivity contribution in [2.45, 2.75) is 45.6 Å². The number of amides is 1. The molecule has 1 aromatic carbocycles. The Balaban J connectivity index is 0.000000705. The van der Waals surface area contributed by atoms with Crippen LogP contribution in [0.2, 0.25) is 0 Å². The number of aromatic hydroxyl groups is 1. The van der Waals surface area contributed by atoms with Crippen molar-refractivity contribution in [3.8, 4) is 11.5 Å². The molecule has 1 aromatic rings. The summed E-state index contributed by atoms with van der Waals surface area (Å²) < 4.78 is 4.87. The number of carbonyl (C=O) groups is 2. The van der Waals surface area contributed by atoms with Gasteiger partial charge in [0.2, 0.25) is 0 Å². The number of phenolic OH excluding ortho intramolecular Hbond substituents is 1. The summed E-state index contributed by atoms with van der Waals surface area (Å²) in [5.74, 6) is -1.07. The first-order chi connectivity index (χ1) is 11.9. The number of phenols is 1. The van der Waals surface area contributed by atoms with Crippen molar-refractivity contribution in [1.82, 2.24) is 4.90 Å². The molecule has 8 nitrogen and oxygen atoms in total. The molecule has 1 aliphatic rings. The lowest BCUT2D eigenvalue weighted by Crippen LogP contribution is -2.36. The fourth-order valence-corrected chi connectivity index (χ4v) is 2.38. The van der Waals surface area contributed by atoms with E-state index in [1.54, 1.807) is 0 Å². The topological polar surface area (TPSA) is 110 Å². The fraction of sp³-hybridized carbons (Fsp3) is 0.529. The van der Waals surface area contributed by atoms with Crippen molar-refractivity contribution in [2.24, 2.45) is 0 Å².